The Bertz CT molecular complexity index is 1460. The fraction of sp³-hybridized carbons (Fsp3) is 0.375. The molecule has 2 atom stereocenters. The lowest BCUT2D eigenvalue weighted by Gasteiger charge is -2.35. The van der Waals surface area contributed by atoms with Crippen LogP contribution < -0.4 is 21.7 Å². The van der Waals surface area contributed by atoms with Gasteiger partial charge in [-0.25, -0.2) is 0 Å². The van der Waals surface area contributed by atoms with Crippen LogP contribution in [0.25, 0.3) is 10.8 Å². The Labute approximate surface area is 239 Å². The van der Waals surface area contributed by atoms with E-state index >= 15 is 0 Å². The minimum absolute atomic E-state index is 0.00705. The van der Waals surface area contributed by atoms with Gasteiger partial charge in [0.25, 0.3) is 0 Å². The van der Waals surface area contributed by atoms with Gasteiger partial charge in [0.1, 0.15) is 11.4 Å². The molecule has 0 aromatic heterocycles. The molecule has 41 heavy (non-hydrogen) atoms. The lowest BCUT2D eigenvalue weighted by atomic mass is 9.82. The third-order valence-corrected chi connectivity index (χ3v) is 8.50. The number of carboxylic acids is 1. The molecule has 1 unspecified atom stereocenters. The molecule has 3 aromatic rings. The molecule has 2 aliphatic rings. The van der Waals surface area contributed by atoms with Crippen LogP contribution in [-0.4, -0.2) is 46.9 Å². The predicted molar refractivity (Wildman–Crippen MR) is 158 cm³/mol. The first-order valence-corrected chi connectivity index (χ1v) is 14.2. The zero-order chi connectivity index (χ0) is 29.0. The van der Waals surface area contributed by atoms with Crippen molar-refractivity contribution in [1.82, 2.24) is 16.0 Å². The van der Waals surface area contributed by atoms with Crippen molar-refractivity contribution < 1.29 is 19.5 Å². The van der Waals surface area contributed by atoms with Crippen LogP contribution in [0.4, 0.5) is 0 Å². The highest BCUT2D eigenvalue weighted by molar-refractivity contribution is 5.97. The Morgan fingerprint density at radius 3 is 2.41 bits per heavy atom. The van der Waals surface area contributed by atoms with E-state index in [1.165, 1.54) is 0 Å². The van der Waals surface area contributed by atoms with E-state index in [-0.39, 0.29) is 36.7 Å². The Morgan fingerprint density at radius 2 is 1.71 bits per heavy atom. The van der Waals surface area contributed by atoms with E-state index in [2.05, 4.69) is 16.0 Å². The van der Waals surface area contributed by atoms with Crippen molar-refractivity contribution >= 4 is 34.4 Å². The van der Waals surface area contributed by atoms with Gasteiger partial charge in [0.05, 0.1) is 12.6 Å². The van der Waals surface area contributed by atoms with Gasteiger partial charge in [-0.1, -0.05) is 79.9 Å². The maximum absolute atomic E-state index is 14.0. The van der Waals surface area contributed by atoms with Gasteiger partial charge in [0.2, 0.25) is 11.8 Å². The second kappa shape index (κ2) is 12.1. The van der Waals surface area contributed by atoms with Crippen molar-refractivity contribution in [3.8, 4) is 0 Å². The molecule has 0 spiro atoms. The SMILES string of the molecule is N=C(N)c1ccc(CNC(=O)C2(NC(=O)[C@H](NCC(=O)O)C3CCCCC3)Cc3ccc4ccccc4c3C2)cc1. The molecule has 9 heteroatoms. The molecule has 0 bridgehead atoms. The van der Waals surface area contributed by atoms with E-state index in [0.717, 1.165) is 59.6 Å². The molecular weight excluding hydrogens is 518 g/mol. The fourth-order valence-electron chi connectivity index (χ4n) is 6.36. The number of nitrogen functional groups attached to an aromatic ring is 1. The largest absolute Gasteiger partial charge is 0.480 e. The number of nitrogens with one attached hydrogen (secondary N) is 4. The summed E-state index contributed by atoms with van der Waals surface area (Å²) in [4.78, 5) is 39.4. The van der Waals surface area contributed by atoms with E-state index in [0.29, 0.717) is 18.4 Å². The summed E-state index contributed by atoms with van der Waals surface area (Å²) in [6.45, 7) is -0.0794. The molecule has 2 amide bonds. The molecule has 9 nitrogen and oxygen atoms in total. The highest BCUT2D eigenvalue weighted by Gasteiger charge is 2.47. The minimum Gasteiger partial charge on any atom is -0.480 e. The summed E-state index contributed by atoms with van der Waals surface area (Å²) in [5.74, 6) is -1.67. The maximum Gasteiger partial charge on any atom is 0.317 e. The lowest BCUT2D eigenvalue weighted by Crippen LogP contribution is -2.63. The zero-order valence-corrected chi connectivity index (χ0v) is 23.0. The standard InChI is InChI=1S/C32H37N5O4/c33-29(34)23-12-10-20(11-13-23)18-36-31(41)32(16-24-15-14-21-6-4-5-9-25(21)26(24)17-32)37-30(40)28(35-19-27(38)39)22-7-2-1-3-8-22/h4-6,9-15,22,28,35H,1-3,7-8,16-19H2,(H3,33,34)(H,36,41)(H,37,40)(H,38,39)/t28-,32?/m1/s1. The molecule has 3 aromatic carbocycles. The van der Waals surface area contributed by atoms with E-state index < -0.39 is 17.6 Å². The molecular formula is C32H37N5O4. The van der Waals surface area contributed by atoms with Crippen LogP contribution in [-0.2, 0) is 33.8 Å². The third-order valence-electron chi connectivity index (χ3n) is 8.50. The Morgan fingerprint density at radius 1 is 0.976 bits per heavy atom. The number of rotatable bonds is 10. The molecule has 1 fully saturated rings. The van der Waals surface area contributed by atoms with Crippen molar-refractivity contribution in [1.29, 1.82) is 5.41 Å². The summed E-state index contributed by atoms with van der Waals surface area (Å²) in [5.41, 5.74) is 7.84. The molecule has 0 radical (unpaired) electrons. The highest BCUT2D eigenvalue weighted by atomic mass is 16.4. The second-order valence-corrected chi connectivity index (χ2v) is 11.3. The number of benzene rings is 3. The average molecular weight is 556 g/mol. The van der Waals surface area contributed by atoms with E-state index in [1.807, 2.05) is 48.5 Å². The van der Waals surface area contributed by atoms with Crippen LogP contribution in [0.5, 0.6) is 0 Å². The van der Waals surface area contributed by atoms with Crippen LogP contribution in [0, 0.1) is 11.3 Å². The number of amidine groups is 1. The van der Waals surface area contributed by atoms with Gasteiger partial charge in [-0.2, -0.15) is 0 Å². The van der Waals surface area contributed by atoms with Gasteiger partial charge in [0, 0.05) is 24.9 Å². The van der Waals surface area contributed by atoms with Gasteiger partial charge >= 0.3 is 5.97 Å². The smallest absolute Gasteiger partial charge is 0.317 e. The average Bonchev–Trinajstić information content (AvgIpc) is 3.36. The summed E-state index contributed by atoms with van der Waals surface area (Å²) < 4.78 is 0. The molecule has 2 aliphatic carbocycles. The van der Waals surface area contributed by atoms with Crippen LogP contribution in [0.2, 0.25) is 0 Å². The summed E-state index contributed by atoms with van der Waals surface area (Å²) in [7, 11) is 0. The first-order valence-electron chi connectivity index (χ1n) is 14.2. The molecule has 7 N–H and O–H groups in total. The van der Waals surface area contributed by atoms with Crippen LogP contribution in [0.15, 0.2) is 60.7 Å². The van der Waals surface area contributed by atoms with Gasteiger partial charge in [0.15, 0.2) is 0 Å². The maximum atomic E-state index is 14.0. The van der Waals surface area contributed by atoms with Gasteiger partial charge in [-0.3, -0.25) is 25.1 Å². The number of nitrogens with two attached hydrogens (primary N) is 1. The quantitative estimate of drug-likeness (QED) is 0.167. The molecule has 214 valence electrons. The first-order chi connectivity index (χ1) is 19.8. The van der Waals surface area contributed by atoms with Crippen molar-refractivity contribution in [3.63, 3.8) is 0 Å². The van der Waals surface area contributed by atoms with E-state index in [1.54, 1.807) is 12.1 Å². The lowest BCUT2D eigenvalue weighted by molar-refractivity contribution is -0.138. The summed E-state index contributed by atoms with van der Waals surface area (Å²) in [5, 5.41) is 28.2. The van der Waals surface area contributed by atoms with Crippen molar-refractivity contribution in [2.75, 3.05) is 6.54 Å². The van der Waals surface area contributed by atoms with Crippen molar-refractivity contribution in [2.24, 2.45) is 11.7 Å². The normalized spacial score (nSPS) is 19.3. The highest BCUT2D eigenvalue weighted by Crippen LogP contribution is 2.36. The zero-order valence-electron chi connectivity index (χ0n) is 23.0. The first kappa shape index (κ1) is 28.3. The minimum atomic E-state index is -1.22. The summed E-state index contributed by atoms with van der Waals surface area (Å²) in [6.07, 6.45) is 5.44. The second-order valence-electron chi connectivity index (χ2n) is 11.3. The van der Waals surface area contributed by atoms with Crippen molar-refractivity contribution in [3.05, 3.63) is 82.9 Å². The molecule has 0 saturated heterocycles. The topological polar surface area (TPSA) is 157 Å². The number of carbonyl (C=O) groups excluding carboxylic acids is 2. The molecule has 0 heterocycles. The Kier molecular flexibility index (Phi) is 8.35. The summed E-state index contributed by atoms with van der Waals surface area (Å²) >= 11 is 0. The van der Waals surface area contributed by atoms with Gasteiger partial charge < -0.3 is 21.5 Å². The summed E-state index contributed by atoms with van der Waals surface area (Å²) in [6, 6.07) is 18.5. The fourth-order valence-corrected chi connectivity index (χ4v) is 6.36. The third kappa shape index (κ3) is 6.25. The number of hydrogen-bond acceptors (Lipinski definition) is 5. The van der Waals surface area contributed by atoms with Crippen LogP contribution in [0.3, 0.4) is 0 Å². The molecule has 1 saturated carbocycles. The number of carboxylic acid groups (broad SMARTS) is 1. The monoisotopic (exact) mass is 555 g/mol. The van der Waals surface area contributed by atoms with E-state index in [4.69, 9.17) is 11.1 Å². The number of hydrogen-bond donors (Lipinski definition) is 6. The molecule has 0 aliphatic heterocycles. The van der Waals surface area contributed by atoms with Crippen LogP contribution >= 0.6 is 0 Å². The number of aliphatic carboxylic acids is 1. The van der Waals surface area contributed by atoms with Crippen molar-refractivity contribution in [2.45, 2.75) is 63.1 Å². The molecule has 5 rings (SSSR count). The predicted octanol–water partition coefficient (Wildman–Crippen LogP) is 3.02. The number of carbonyl (C=O) groups is 3. The Balaban J connectivity index is 1.42. The van der Waals surface area contributed by atoms with Crippen LogP contribution in [0.1, 0.15) is 54.4 Å². The van der Waals surface area contributed by atoms with Gasteiger partial charge in [-0.05, 0) is 46.2 Å². The number of fused-ring (bicyclic) bond motifs is 3. The number of amides is 2. The van der Waals surface area contributed by atoms with Gasteiger partial charge in [-0.15, -0.1) is 0 Å². The Hall–Kier alpha value is -4.24. The van der Waals surface area contributed by atoms with E-state index in [9.17, 15) is 19.5 Å².